The first-order valence-electron chi connectivity index (χ1n) is 8.49. The highest BCUT2D eigenvalue weighted by Gasteiger charge is 2.52. The molecule has 1 saturated heterocycles. The van der Waals surface area contributed by atoms with E-state index in [9.17, 15) is 4.39 Å². The SMILES string of the molecule is CC1(C)OB(c2ccc(-c3cccc(F)c3)cc2OCC#N)OC1(C)C. The molecule has 0 aromatic heterocycles. The summed E-state index contributed by atoms with van der Waals surface area (Å²) < 4.78 is 31.3. The van der Waals surface area contributed by atoms with Crippen molar-refractivity contribution in [1.29, 1.82) is 5.26 Å². The van der Waals surface area contributed by atoms with Gasteiger partial charge in [0.1, 0.15) is 17.6 Å². The predicted molar refractivity (Wildman–Crippen MR) is 98.7 cm³/mol. The Kier molecular flexibility index (Phi) is 4.79. The molecule has 0 unspecified atom stereocenters. The van der Waals surface area contributed by atoms with Crippen molar-refractivity contribution in [2.45, 2.75) is 38.9 Å². The summed E-state index contributed by atoms with van der Waals surface area (Å²) in [4.78, 5) is 0. The largest absolute Gasteiger partial charge is 0.498 e. The molecule has 134 valence electrons. The summed E-state index contributed by atoms with van der Waals surface area (Å²) >= 11 is 0. The van der Waals surface area contributed by atoms with Crippen LogP contribution in [0.4, 0.5) is 4.39 Å². The van der Waals surface area contributed by atoms with Crippen molar-refractivity contribution in [1.82, 2.24) is 0 Å². The highest BCUT2D eigenvalue weighted by atomic mass is 19.1. The molecule has 0 radical (unpaired) electrons. The molecule has 3 rings (SSSR count). The molecule has 2 aromatic rings. The van der Waals surface area contributed by atoms with Gasteiger partial charge in [-0.2, -0.15) is 5.26 Å². The quantitative estimate of drug-likeness (QED) is 0.787. The van der Waals surface area contributed by atoms with Crippen molar-refractivity contribution in [2.75, 3.05) is 6.61 Å². The maximum Gasteiger partial charge on any atom is 0.498 e. The molecule has 1 aliphatic heterocycles. The van der Waals surface area contributed by atoms with Gasteiger partial charge in [-0.1, -0.05) is 24.3 Å². The van der Waals surface area contributed by atoms with Crippen molar-refractivity contribution in [3.63, 3.8) is 0 Å². The maximum absolute atomic E-state index is 13.5. The van der Waals surface area contributed by atoms with Crippen LogP contribution >= 0.6 is 0 Å². The number of rotatable bonds is 4. The van der Waals surface area contributed by atoms with E-state index in [0.29, 0.717) is 11.2 Å². The molecule has 1 aliphatic rings. The number of nitrogens with zero attached hydrogens (tertiary/aromatic N) is 1. The van der Waals surface area contributed by atoms with Crippen LogP contribution in [0.25, 0.3) is 11.1 Å². The van der Waals surface area contributed by atoms with Crippen molar-refractivity contribution < 1.29 is 18.4 Å². The standard InChI is InChI=1S/C20H21BFNO3/c1-19(2)20(3,4)26-21(25-19)17-9-8-15(13-18(17)24-11-10-23)14-6-5-7-16(22)12-14/h5-9,12-13H,11H2,1-4H3. The number of ether oxygens (including phenoxy) is 1. The molecule has 4 nitrogen and oxygen atoms in total. The van der Waals surface area contributed by atoms with Crippen LogP contribution in [0.1, 0.15) is 27.7 Å². The van der Waals surface area contributed by atoms with Crippen LogP contribution in [-0.2, 0) is 9.31 Å². The molecular formula is C20H21BFNO3. The Hall–Kier alpha value is -2.36. The van der Waals surface area contributed by atoms with E-state index in [1.165, 1.54) is 12.1 Å². The van der Waals surface area contributed by atoms with Gasteiger partial charge in [-0.25, -0.2) is 4.39 Å². The third kappa shape index (κ3) is 3.46. The summed E-state index contributed by atoms with van der Waals surface area (Å²) in [6.07, 6.45) is 0. The van der Waals surface area contributed by atoms with E-state index in [2.05, 4.69) is 0 Å². The Bertz CT molecular complexity index is 844. The molecule has 0 bridgehead atoms. The second kappa shape index (κ2) is 6.75. The molecule has 6 heteroatoms. The molecular weight excluding hydrogens is 332 g/mol. The molecule has 0 saturated carbocycles. The number of halogens is 1. The topological polar surface area (TPSA) is 51.5 Å². The number of hydrogen-bond donors (Lipinski definition) is 0. The molecule has 1 heterocycles. The Morgan fingerprint density at radius 2 is 1.69 bits per heavy atom. The monoisotopic (exact) mass is 353 g/mol. The third-order valence-corrected chi connectivity index (χ3v) is 4.97. The number of hydrogen-bond acceptors (Lipinski definition) is 4. The predicted octanol–water partition coefficient (Wildman–Crippen LogP) is 3.69. The van der Waals surface area contributed by atoms with E-state index in [4.69, 9.17) is 19.3 Å². The Balaban J connectivity index is 2.00. The van der Waals surface area contributed by atoms with Crippen molar-refractivity contribution in [3.8, 4) is 22.9 Å². The zero-order valence-electron chi connectivity index (χ0n) is 15.4. The van der Waals surface area contributed by atoms with E-state index in [0.717, 1.165) is 11.1 Å². The molecule has 0 spiro atoms. The second-order valence-corrected chi connectivity index (χ2v) is 7.30. The van der Waals surface area contributed by atoms with Gasteiger partial charge in [0.15, 0.2) is 6.61 Å². The third-order valence-electron chi connectivity index (χ3n) is 4.97. The van der Waals surface area contributed by atoms with Gasteiger partial charge in [-0.15, -0.1) is 0 Å². The fourth-order valence-corrected chi connectivity index (χ4v) is 2.78. The molecule has 2 aromatic carbocycles. The van der Waals surface area contributed by atoms with Crippen LogP contribution in [0.5, 0.6) is 5.75 Å². The van der Waals surface area contributed by atoms with Gasteiger partial charge in [0.25, 0.3) is 0 Å². The van der Waals surface area contributed by atoms with Gasteiger partial charge < -0.3 is 14.0 Å². The normalized spacial score (nSPS) is 17.8. The van der Waals surface area contributed by atoms with Gasteiger partial charge in [0, 0.05) is 5.46 Å². The second-order valence-electron chi connectivity index (χ2n) is 7.30. The Labute approximate surface area is 153 Å². The van der Waals surface area contributed by atoms with Gasteiger partial charge in [-0.3, -0.25) is 0 Å². The van der Waals surface area contributed by atoms with Crippen molar-refractivity contribution in [3.05, 3.63) is 48.3 Å². The Morgan fingerprint density at radius 3 is 2.31 bits per heavy atom. The summed E-state index contributed by atoms with van der Waals surface area (Å²) in [7, 11) is -0.602. The minimum Gasteiger partial charge on any atom is -0.479 e. The number of nitriles is 1. The Morgan fingerprint density at radius 1 is 1.04 bits per heavy atom. The molecule has 0 amide bonds. The molecule has 1 fully saturated rings. The first kappa shape index (κ1) is 18.4. The lowest BCUT2D eigenvalue weighted by Crippen LogP contribution is -2.41. The fraction of sp³-hybridized carbons (Fsp3) is 0.350. The lowest BCUT2D eigenvalue weighted by Gasteiger charge is -2.32. The van der Waals surface area contributed by atoms with Gasteiger partial charge in [-0.05, 0) is 57.0 Å². The van der Waals surface area contributed by atoms with Crippen LogP contribution in [0.15, 0.2) is 42.5 Å². The van der Waals surface area contributed by atoms with Crippen LogP contribution in [0.3, 0.4) is 0 Å². The summed E-state index contributed by atoms with van der Waals surface area (Å²) in [5.74, 6) is 0.184. The summed E-state index contributed by atoms with van der Waals surface area (Å²) in [5, 5.41) is 8.89. The van der Waals surface area contributed by atoms with Gasteiger partial charge in [0.05, 0.1) is 11.2 Å². The van der Waals surface area contributed by atoms with Crippen LogP contribution in [-0.4, -0.2) is 24.9 Å². The average Bonchev–Trinajstić information content (AvgIpc) is 2.80. The molecule has 0 aliphatic carbocycles. The first-order chi connectivity index (χ1) is 12.2. The van der Waals surface area contributed by atoms with E-state index in [1.807, 2.05) is 52.0 Å². The highest BCUT2D eigenvalue weighted by Crippen LogP contribution is 2.37. The van der Waals surface area contributed by atoms with Crippen LogP contribution in [0.2, 0.25) is 0 Å². The molecule has 26 heavy (non-hydrogen) atoms. The highest BCUT2D eigenvalue weighted by molar-refractivity contribution is 6.63. The summed E-state index contributed by atoms with van der Waals surface area (Å²) in [6.45, 7) is 7.81. The van der Waals surface area contributed by atoms with Crippen LogP contribution < -0.4 is 10.2 Å². The summed E-state index contributed by atoms with van der Waals surface area (Å²) in [6, 6.07) is 13.8. The van der Waals surface area contributed by atoms with E-state index >= 15 is 0 Å². The van der Waals surface area contributed by atoms with Crippen molar-refractivity contribution >= 4 is 12.6 Å². The average molecular weight is 353 g/mol. The summed E-state index contributed by atoms with van der Waals surface area (Å²) in [5.41, 5.74) is 1.26. The van der Waals surface area contributed by atoms with E-state index in [-0.39, 0.29) is 12.4 Å². The minimum atomic E-state index is -0.602. The molecule has 0 N–H and O–H groups in total. The maximum atomic E-state index is 13.5. The minimum absolute atomic E-state index is 0.0981. The lowest BCUT2D eigenvalue weighted by atomic mass is 9.77. The van der Waals surface area contributed by atoms with Gasteiger partial charge >= 0.3 is 7.12 Å². The molecule has 0 atom stereocenters. The van der Waals surface area contributed by atoms with Gasteiger partial charge in [0.2, 0.25) is 0 Å². The van der Waals surface area contributed by atoms with Crippen LogP contribution in [0, 0.1) is 17.1 Å². The first-order valence-corrected chi connectivity index (χ1v) is 8.49. The smallest absolute Gasteiger partial charge is 0.479 e. The fourth-order valence-electron chi connectivity index (χ4n) is 2.78. The zero-order valence-corrected chi connectivity index (χ0v) is 15.4. The van der Waals surface area contributed by atoms with E-state index in [1.54, 1.807) is 12.1 Å². The van der Waals surface area contributed by atoms with Crippen molar-refractivity contribution in [2.24, 2.45) is 0 Å². The zero-order chi connectivity index (χ0) is 18.9. The van der Waals surface area contributed by atoms with E-state index < -0.39 is 18.3 Å². The number of benzene rings is 2. The lowest BCUT2D eigenvalue weighted by molar-refractivity contribution is 0.00578.